The van der Waals surface area contributed by atoms with E-state index in [0.29, 0.717) is 22.5 Å². The Balaban J connectivity index is 2.57. The van der Waals surface area contributed by atoms with Gasteiger partial charge in [0, 0.05) is 28.6 Å². The van der Waals surface area contributed by atoms with Gasteiger partial charge in [-0.3, -0.25) is 10.1 Å². The zero-order chi connectivity index (χ0) is 24.5. The predicted molar refractivity (Wildman–Crippen MR) is 122 cm³/mol. The zero-order valence-electron chi connectivity index (χ0n) is 18.2. The maximum absolute atomic E-state index is 14.5. The molecule has 3 amide bonds. The van der Waals surface area contributed by atoms with Crippen molar-refractivity contribution >= 4 is 29.5 Å². The van der Waals surface area contributed by atoms with Gasteiger partial charge < -0.3 is 20.5 Å². The minimum Gasteiger partial charge on any atom is -0.465 e. The van der Waals surface area contributed by atoms with Crippen molar-refractivity contribution in [2.45, 2.75) is 19.4 Å². The van der Waals surface area contributed by atoms with Gasteiger partial charge in [0.2, 0.25) is 11.9 Å². The van der Waals surface area contributed by atoms with Gasteiger partial charge in [0.25, 0.3) is 0 Å². The third-order valence-corrected chi connectivity index (χ3v) is 4.73. The van der Waals surface area contributed by atoms with Crippen molar-refractivity contribution in [2.75, 3.05) is 17.7 Å². The second kappa shape index (κ2) is 11.4. The molecule has 2 atom stereocenters. The van der Waals surface area contributed by atoms with Crippen LogP contribution in [0.15, 0.2) is 55.8 Å². The molecule has 0 aliphatic carbocycles. The van der Waals surface area contributed by atoms with E-state index in [0.717, 1.165) is 0 Å². The molecule has 0 saturated heterocycles. The van der Waals surface area contributed by atoms with Crippen molar-refractivity contribution in [2.24, 2.45) is 5.92 Å². The number of carbonyl (C=O) groups is 3. The molecule has 9 nitrogen and oxygen atoms in total. The summed E-state index contributed by atoms with van der Waals surface area (Å²) in [6.07, 6.45) is 2.31. The predicted octanol–water partition coefficient (Wildman–Crippen LogP) is 4.71. The molecule has 2 aromatic rings. The van der Waals surface area contributed by atoms with E-state index in [1.807, 2.05) is 0 Å². The number of carboxylic acid groups (broad SMARTS) is 1. The second-order valence-corrected chi connectivity index (χ2v) is 7.02. The number of nitrogens with one attached hydrogen (secondary N) is 3. The Morgan fingerprint density at radius 3 is 2.58 bits per heavy atom. The van der Waals surface area contributed by atoms with Gasteiger partial charge in [0.05, 0.1) is 24.8 Å². The van der Waals surface area contributed by atoms with E-state index in [9.17, 15) is 18.8 Å². The first-order valence-corrected chi connectivity index (χ1v) is 9.88. The van der Waals surface area contributed by atoms with Crippen LogP contribution in [-0.4, -0.2) is 35.3 Å². The summed E-state index contributed by atoms with van der Waals surface area (Å²) in [6, 6.07) is 5.22. The molecular formula is C23H25FN4O5. The Hall–Kier alpha value is -4.21. The number of anilines is 2. The molecule has 0 aliphatic heterocycles. The molecule has 0 radical (unpaired) electrons. The molecular weight excluding hydrogens is 431 g/mol. The van der Waals surface area contributed by atoms with Gasteiger partial charge >= 0.3 is 12.2 Å². The molecule has 174 valence electrons. The molecule has 33 heavy (non-hydrogen) atoms. The summed E-state index contributed by atoms with van der Waals surface area (Å²) in [5.41, 5.74) is 1.56. The number of methoxy groups -OCH3 is 1. The third kappa shape index (κ3) is 6.63. The second-order valence-electron chi connectivity index (χ2n) is 7.02. The topological polar surface area (TPSA) is 130 Å². The number of benzene rings is 1. The maximum atomic E-state index is 14.5. The smallest absolute Gasteiger partial charge is 0.411 e. The molecule has 1 unspecified atom stereocenters. The number of rotatable bonds is 9. The van der Waals surface area contributed by atoms with Crippen molar-refractivity contribution in [1.82, 2.24) is 10.3 Å². The van der Waals surface area contributed by atoms with Crippen LogP contribution in [0.2, 0.25) is 0 Å². The summed E-state index contributed by atoms with van der Waals surface area (Å²) < 4.78 is 19.1. The Kier molecular flexibility index (Phi) is 8.67. The Morgan fingerprint density at radius 2 is 1.97 bits per heavy atom. The van der Waals surface area contributed by atoms with Crippen molar-refractivity contribution in [3.05, 3.63) is 67.3 Å². The van der Waals surface area contributed by atoms with Gasteiger partial charge in [-0.05, 0) is 24.6 Å². The lowest BCUT2D eigenvalue weighted by atomic mass is 9.98. The third-order valence-electron chi connectivity index (χ3n) is 4.73. The average Bonchev–Trinajstić information content (AvgIpc) is 2.78. The van der Waals surface area contributed by atoms with Crippen LogP contribution in [0.25, 0.3) is 11.1 Å². The quantitative estimate of drug-likeness (QED) is 0.319. The molecule has 1 heterocycles. The van der Waals surface area contributed by atoms with Crippen molar-refractivity contribution in [3.8, 4) is 11.1 Å². The summed E-state index contributed by atoms with van der Waals surface area (Å²) in [7, 11) is 1.22. The van der Waals surface area contributed by atoms with Gasteiger partial charge in [0.15, 0.2) is 0 Å². The lowest BCUT2D eigenvalue weighted by molar-refractivity contribution is -0.118. The van der Waals surface area contributed by atoms with Crippen molar-refractivity contribution < 1.29 is 28.6 Å². The van der Waals surface area contributed by atoms with Crippen LogP contribution in [-0.2, 0) is 9.53 Å². The van der Waals surface area contributed by atoms with Crippen LogP contribution in [0.5, 0.6) is 0 Å². The lowest BCUT2D eigenvalue weighted by Crippen LogP contribution is -2.27. The Bertz CT molecular complexity index is 1070. The first-order valence-electron chi connectivity index (χ1n) is 9.88. The summed E-state index contributed by atoms with van der Waals surface area (Å²) in [6.45, 7) is 8.84. The minimum absolute atomic E-state index is 0.0169. The normalized spacial score (nSPS) is 12.1. The Morgan fingerprint density at radius 1 is 1.24 bits per heavy atom. The number of hydrogen-bond acceptors (Lipinski definition) is 5. The van der Waals surface area contributed by atoms with Crippen LogP contribution >= 0.6 is 0 Å². The fourth-order valence-electron chi connectivity index (χ4n) is 2.94. The van der Waals surface area contributed by atoms with Gasteiger partial charge in [-0.15, -0.1) is 13.2 Å². The fraction of sp³-hybridized carbons (Fsp3) is 0.217. The first kappa shape index (κ1) is 25.1. The molecule has 1 aromatic carbocycles. The van der Waals surface area contributed by atoms with E-state index < -0.39 is 30.1 Å². The van der Waals surface area contributed by atoms with E-state index in [1.54, 1.807) is 19.1 Å². The number of pyridine rings is 1. The number of carbonyl (C=O) groups excluding carboxylic acids is 2. The highest BCUT2D eigenvalue weighted by Crippen LogP contribution is 2.33. The summed E-state index contributed by atoms with van der Waals surface area (Å²) in [4.78, 5) is 39.0. The average molecular weight is 456 g/mol. The molecule has 0 saturated carbocycles. The van der Waals surface area contributed by atoms with Crippen LogP contribution < -0.4 is 16.0 Å². The highest BCUT2D eigenvalue weighted by molar-refractivity contribution is 5.99. The van der Waals surface area contributed by atoms with Crippen LogP contribution in [0, 0.1) is 11.9 Å². The SMILES string of the molecule is C=CC[C@H](NC(=O)O)c1cc(-c2ccc(NC(=O)OC)cc2NC(=O)C(C)C=C)cnc1F. The monoisotopic (exact) mass is 456 g/mol. The highest BCUT2D eigenvalue weighted by atomic mass is 19.1. The summed E-state index contributed by atoms with van der Waals surface area (Å²) >= 11 is 0. The fourth-order valence-corrected chi connectivity index (χ4v) is 2.94. The zero-order valence-corrected chi connectivity index (χ0v) is 18.2. The number of nitrogens with zero attached hydrogens (tertiary/aromatic N) is 1. The van der Waals surface area contributed by atoms with Crippen molar-refractivity contribution in [1.29, 1.82) is 0 Å². The first-order chi connectivity index (χ1) is 15.7. The molecule has 0 spiro atoms. The standard InChI is InChI=1S/C23H25FN4O5/c1-5-7-18(28-22(30)31)17-10-14(12-25-20(17)24)16-9-8-15(26-23(32)33-4)11-19(16)27-21(29)13(3)6-2/h5-6,8-13,18,28H,1-2,7H2,3-4H3,(H,26,32)(H,27,29)(H,30,31)/t13?,18-/m0/s1. The van der Waals surface area contributed by atoms with Gasteiger partial charge in [-0.25, -0.2) is 14.6 Å². The molecule has 2 rings (SSSR count). The lowest BCUT2D eigenvalue weighted by Gasteiger charge is -2.19. The molecule has 0 fully saturated rings. The van der Waals surface area contributed by atoms with Crippen LogP contribution in [0.4, 0.5) is 25.4 Å². The summed E-state index contributed by atoms with van der Waals surface area (Å²) in [5.74, 6) is -1.70. The van der Waals surface area contributed by atoms with E-state index >= 15 is 0 Å². The van der Waals surface area contributed by atoms with Gasteiger partial charge in [0.1, 0.15) is 0 Å². The molecule has 0 aliphatic rings. The van der Waals surface area contributed by atoms with E-state index in [1.165, 1.54) is 37.6 Å². The van der Waals surface area contributed by atoms with Gasteiger partial charge in [-0.1, -0.05) is 25.1 Å². The molecule has 10 heteroatoms. The van der Waals surface area contributed by atoms with Crippen LogP contribution in [0.3, 0.4) is 0 Å². The molecule has 4 N–H and O–H groups in total. The van der Waals surface area contributed by atoms with E-state index in [4.69, 9.17) is 5.11 Å². The molecule has 1 aromatic heterocycles. The minimum atomic E-state index is -1.32. The summed E-state index contributed by atoms with van der Waals surface area (Å²) in [5, 5.41) is 16.6. The highest BCUT2D eigenvalue weighted by Gasteiger charge is 2.20. The van der Waals surface area contributed by atoms with E-state index in [-0.39, 0.29) is 17.9 Å². The number of halogens is 1. The number of ether oxygens (including phenoxy) is 1. The maximum Gasteiger partial charge on any atom is 0.411 e. The number of aromatic nitrogens is 1. The number of hydrogen-bond donors (Lipinski definition) is 4. The largest absolute Gasteiger partial charge is 0.465 e. The van der Waals surface area contributed by atoms with E-state index in [2.05, 4.69) is 38.8 Å². The van der Waals surface area contributed by atoms with Crippen molar-refractivity contribution in [3.63, 3.8) is 0 Å². The number of amides is 3. The molecule has 0 bridgehead atoms. The Labute approximate surface area is 190 Å². The van der Waals surface area contributed by atoms with Gasteiger partial charge in [-0.2, -0.15) is 4.39 Å². The van der Waals surface area contributed by atoms with Crippen LogP contribution in [0.1, 0.15) is 24.9 Å².